The molecule has 0 fully saturated rings. The standard InChI is InChI=1S/C15H20FN5/c1-3-4-9-21(2)15-19-14(11-18-20-15)17-10-12-5-7-13(16)8-6-12/h5-8,11H,3-4,9-10H2,1-2H3,(H,17,19,20). The topological polar surface area (TPSA) is 53.9 Å². The van der Waals surface area contributed by atoms with E-state index in [4.69, 9.17) is 0 Å². The smallest absolute Gasteiger partial charge is 0.247 e. The molecule has 0 saturated heterocycles. The lowest BCUT2D eigenvalue weighted by atomic mass is 10.2. The van der Waals surface area contributed by atoms with Gasteiger partial charge in [-0.15, -0.1) is 5.10 Å². The first-order chi connectivity index (χ1) is 10.2. The van der Waals surface area contributed by atoms with Gasteiger partial charge in [0.05, 0.1) is 6.20 Å². The van der Waals surface area contributed by atoms with Crippen LogP contribution in [-0.4, -0.2) is 28.8 Å². The molecule has 1 aromatic carbocycles. The molecule has 0 bridgehead atoms. The number of nitrogens with one attached hydrogen (secondary N) is 1. The molecule has 1 N–H and O–H groups in total. The fourth-order valence-electron chi connectivity index (χ4n) is 1.83. The van der Waals surface area contributed by atoms with Crippen LogP contribution < -0.4 is 10.2 Å². The Bertz CT molecular complexity index is 558. The van der Waals surface area contributed by atoms with Crippen LogP contribution in [0.1, 0.15) is 25.3 Å². The summed E-state index contributed by atoms with van der Waals surface area (Å²) in [5.74, 6) is 1.03. The molecule has 0 unspecified atom stereocenters. The highest BCUT2D eigenvalue weighted by Gasteiger charge is 2.05. The molecule has 0 atom stereocenters. The van der Waals surface area contributed by atoms with Gasteiger partial charge in [-0.1, -0.05) is 25.5 Å². The molecule has 6 heteroatoms. The van der Waals surface area contributed by atoms with Gasteiger partial charge in [-0.2, -0.15) is 10.1 Å². The SMILES string of the molecule is CCCCN(C)c1nncc(NCc2ccc(F)cc2)n1. The second kappa shape index (κ2) is 7.52. The van der Waals surface area contributed by atoms with E-state index in [1.54, 1.807) is 18.3 Å². The molecule has 5 nitrogen and oxygen atoms in total. The van der Waals surface area contributed by atoms with E-state index in [0.29, 0.717) is 18.3 Å². The average Bonchev–Trinajstić information content (AvgIpc) is 2.52. The van der Waals surface area contributed by atoms with E-state index in [1.165, 1.54) is 12.1 Å². The minimum absolute atomic E-state index is 0.234. The second-order valence-corrected chi connectivity index (χ2v) is 4.90. The van der Waals surface area contributed by atoms with Crippen molar-refractivity contribution >= 4 is 11.8 Å². The molecule has 2 rings (SSSR count). The molecule has 2 aromatic rings. The maximum Gasteiger partial charge on any atom is 0.247 e. The van der Waals surface area contributed by atoms with Crippen molar-refractivity contribution in [1.29, 1.82) is 0 Å². The summed E-state index contributed by atoms with van der Waals surface area (Å²) in [7, 11) is 1.95. The zero-order valence-electron chi connectivity index (χ0n) is 12.4. The first-order valence-electron chi connectivity index (χ1n) is 7.08. The zero-order chi connectivity index (χ0) is 15.1. The normalized spacial score (nSPS) is 10.4. The van der Waals surface area contributed by atoms with Gasteiger partial charge >= 0.3 is 0 Å². The summed E-state index contributed by atoms with van der Waals surface area (Å²) in [4.78, 5) is 6.41. The fraction of sp³-hybridized carbons (Fsp3) is 0.400. The highest BCUT2D eigenvalue weighted by atomic mass is 19.1. The van der Waals surface area contributed by atoms with Crippen molar-refractivity contribution in [3.05, 3.63) is 41.8 Å². The van der Waals surface area contributed by atoms with Gasteiger partial charge in [0.15, 0.2) is 5.82 Å². The molecule has 112 valence electrons. The Balaban J connectivity index is 1.95. The molecule has 0 radical (unpaired) electrons. The summed E-state index contributed by atoms with van der Waals surface area (Å²) in [5.41, 5.74) is 0.982. The van der Waals surface area contributed by atoms with Crippen LogP contribution in [0.4, 0.5) is 16.2 Å². The van der Waals surface area contributed by atoms with Crippen LogP contribution in [0.25, 0.3) is 0 Å². The van der Waals surface area contributed by atoms with Crippen molar-refractivity contribution in [3.63, 3.8) is 0 Å². The highest BCUT2D eigenvalue weighted by Crippen LogP contribution is 2.10. The lowest BCUT2D eigenvalue weighted by Crippen LogP contribution is -2.21. The maximum absolute atomic E-state index is 12.8. The molecular formula is C15H20FN5. The molecule has 21 heavy (non-hydrogen) atoms. The number of benzene rings is 1. The Hall–Kier alpha value is -2.24. The lowest BCUT2D eigenvalue weighted by molar-refractivity contribution is 0.627. The van der Waals surface area contributed by atoms with Gasteiger partial charge in [0, 0.05) is 20.1 Å². The minimum atomic E-state index is -0.234. The third-order valence-corrected chi connectivity index (χ3v) is 3.12. The Morgan fingerprint density at radius 3 is 2.71 bits per heavy atom. The maximum atomic E-state index is 12.8. The van der Waals surface area contributed by atoms with Gasteiger partial charge in [-0.25, -0.2) is 4.39 Å². The lowest BCUT2D eigenvalue weighted by Gasteiger charge is -2.16. The average molecular weight is 289 g/mol. The molecule has 0 aliphatic heterocycles. The Labute approximate surface area is 124 Å². The van der Waals surface area contributed by atoms with E-state index >= 15 is 0 Å². The predicted octanol–water partition coefficient (Wildman–Crippen LogP) is 2.86. The summed E-state index contributed by atoms with van der Waals surface area (Å²) >= 11 is 0. The van der Waals surface area contributed by atoms with Crippen LogP contribution in [-0.2, 0) is 6.54 Å². The van der Waals surface area contributed by atoms with Crippen LogP contribution in [0.5, 0.6) is 0 Å². The van der Waals surface area contributed by atoms with E-state index < -0.39 is 0 Å². The van der Waals surface area contributed by atoms with Gasteiger partial charge in [0.25, 0.3) is 0 Å². The minimum Gasteiger partial charge on any atom is -0.365 e. The van der Waals surface area contributed by atoms with Crippen LogP contribution in [0, 0.1) is 5.82 Å². The molecule has 0 spiro atoms. The van der Waals surface area contributed by atoms with Gasteiger partial charge in [-0.05, 0) is 24.1 Å². The molecule has 0 aliphatic carbocycles. The fourth-order valence-corrected chi connectivity index (χ4v) is 1.83. The second-order valence-electron chi connectivity index (χ2n) is 4.90. The van der Waals surface area contributed by atoms with Gasteiger partial charge in [0.1, 0.15) is 5.82 Å². The summed E-state index contributed by atoms with van der Waals surface area (Å²) in [6.07, 6.45) is 3.80. The number of rotatable bonds is 7. The molecular weight excluding hydrogens is 269 g/mol. The van der Waals surface area contributed by atoms with Crippen LogP contribution in [0.2, 0.25) is 0 Å². The molecule has 1 aromatic heterocycles. The molecule has 0 saturated carbocycles. The van der Waals surface area contributed by atoms with E-state index in [2.05, 4.69) is 27.4 Å². The summed E-state index contributed by atoms with van der Waals surface area (Å²) < 4.78 is 12.8. The number of nitrogens with zero attached hydrogens (tertiary/aromatic N) is 4. The first-order valence-corrected chi connectivity index (χ1v) is 7.08. The van der Waals surface area contributed by atoms with Crippen molar-refractivity contribution in [3.8, 4) is 0 Å². The summed E-state index contributed by atoms with van der Waals surface area (Å²) in [6, 6.07) is 6.37. The number of halogens is 1. The van der Waals surface area contributed by atoms with Crippen LogP contribution >= 0.6 is 0 Å². The number of hydrogen-bond acceptors (Lipinski definition) is 5. The zero-order valence-corrected chi connectivity index (χ0v) is 12.4. The van der Waals surface area contributed by atoms with Gasteiger partial charge in [-0.3, -0.25) is 0 Å². The van der Waals surface area contributed by atoms with Crippen LogP contribution in [0.3, 0.4) is 0 Å². The Morgan fingerprint density at radius 2 is 2.00 bits per heavy atom. The monoisotopic (exact) mass is 289 g/mol. The third-order valence-electron chi connectivity index (χ3n) is 3.12. The van der Waals surface area contributed by atoms with Crippen molar-refractivity contribution in [2.75, 3.05) is 23.8 Å². The van der Waals surface area contributed by atoms with Crippen molar-refractivity contribution < 1.29 is 4.39 Å². The molecule has 0 amide bonds. The first kappa shape index (κ1) is 15.2. The van der Waals surface area contributed by atoms with Crippen molar-refractivity contribution in [2.24, 2.45) is 0 Å². The third kappa shape index (κ3) is 4.66. The number of unbranched alkanes of at least 4 members (excludes halogenated alkanes) is 1. The summed E-state index contributed by atoms with van der Waals surface area (Å²) in [6.45, 7) is 3.62. The van der Waals surface area contributed by atoms with E-state index in [9.17, 15) is 4.39 Å². The van der Waals surface area contributed by atoms with E-state index in [0.717, 1.165) is 24.9 Å². The van der Waals surface area contributed by atoms with Gasteiger partial charge in [0.2, 0.25) is 5.95 Å². The van der Waals surface area contributed by atoms with E-state index in [-0.39, 0.29) is 5.82 Å². The quantitative estimate of drug-likeness (QED) is 0.849. The Morgan fingerprint density at radius 1 is 1.24 bits per heavy atom. The highest BCUT2D eigenvalue weighted by molar-refractivity contribution is 5.39. The molecule has 0 aliphatic rings. The van der Waals surface area contributed by atoms with Crippen molar-refractivity contribution in [2.45, 2.75) is 26.3 Å². The number of anilines is 2. The van der Waals surface area contributed by atoms with Gasteiger partial charge < -0.3 is 10.2 Å². The van der Waals surface area contributed by atoms with Crippen molar-refractivity contribution in [1.82, 2.24) is 15.2 Å². The predicted molar refractivity (Wildman–Crippen MR) is 81.7 cm³/mol. The number of hydrogen-bond donors (Lipinski definition) is 1. The van der Waals surface area contributed by atoms with Crippen LogP contribution in [0.15, 0.2) is 30.5 Å². The molecule has 1 heterocycles. The number of aromatic nitrogens is 3. The summed E-state index contributed by atoms with van der Waals surface area (Å²) in [5, 5.41) is 11.2. The largest absolute Gasteiger partial charge is 0.365 e. The Kier molecular flexibility index (Phi) is 5.43. The van der Waals surface area contributed by atoms with E-state index in [1.807, 2.05) is 11.9 Å².